The number of carboxylic acids is 1. The van der Waals surface area contributed by atoms with Crippen molar-refractivity contribution in [3.05, 3.63) is 75.4 Å². The Morgan fingerprint density at radius 3 is 2.55 bits per heavy atom. The van der Waals surface area contributed by atoms with E-state index in [0.29, 0.717) is 22.9 Å². The molecule has 0 fully saturated rings. The van der Waals surface area contributed by atoms with Crippen LogP contribution in [-0.2, 0) is 11.2 Å². The second-order valence-electron chi connectivity index (χ2n) is 6.96. The average molecular weight is 412 g/mol. The topological polar surface area (TPSA) is 79.7 Å². The molecule has 2 aromatic carbocycles. The van der Waals surface area contributed by atoms with E-state index in [1.165, 1.54) is 0 Å². The van der Waals surface area contributed by atoms with Crippen molar-refractivity contribution >= 4 is 17.6 Å². The number of carbonyl (C=O) groups is 1. The maximum Gasteiger partial charge on any atom is 0.341 e. The molecule has 1 heterocycles. The van der Waals surface area contributed by atoms with Crippen molar-refractivity contribution in [2.75, 3.05) is 6.61 Å². The molecule has 5 nitrogen and oxygen atoms in total. The molecule has 6 heteroatoms. The van der Waals surface area contributed by atoms with E-state index in [-0.39, 0.29) is 12.4 Å². The summed E-state index contributed by atoms with van der Waals surface area (Å²) in [5.74, 6) is -0.340. The van der Waals surface area contributed by atoms with Gasteiger partial charge in [-0.1, -0.05) is 23.7 Å². The summed E-state index contributed by atoms with van der Waals surface area (Å²) in [6, 6.07) is 12.5. The van der Waals surface area contributed by atoms with Gasteiger partial charge in [0.05, 0.1) is 0 Å². The lowest BCUT2D eigenvalue weighted by molar-refractivity contribution is -0.139. The van der Waals surface area contributed by atoms with Gasteiger partial charge in [0.2, 0.25) is 0 Å². The van der Waals surface area contributed by atoms with Crippen LogP contribution in [0.1, 0.15) is 27.9 Å². The number of benzene rings is 2. The summed E-state index contributed by atoms with van der Waals surface area (Å²) in [6.07, 6.45) is 0.575. The zero-order valence-electron chi connectivity index (χ0n) is 16.5. The highest BCUT2D eigenvalue weighted by molar-refractivity contribution is 6.30. The molecule has 0 unspecified atom stereocenters. The minimum Gasteiger partial charge on any atom is -0.506 e. The summed E-state index contributed by atoms with van der Waals surface area (Å²) in [5, 5.41) is 19.7. The largest absolute Gasteiger partial charge is 0.506 e. The van der Waals surface area contributed by atoms with Gasteiger partial charge in [-0.15, -0.1) is 0 Å². The zero-order chi connectivity index (χ0) is 21.1. The summed E-state index contributed by atoms with van der Waals surface area (Å²) >= 11 is 6.08. The van der Waals surface area contributed by atoms with Crippen LogP contribution in [0.15, 0.2) is 42.5 Å². The van der Waals surface area contributed by atoms with Gasteiger partial charge in [0.15, 0.2) is 6.61 Å². The van der Waals surface area contributed by atoms with Crippen LogP contribution < -0.4 is 4.74 Å². The Kier molecular flexibility index (Phi) is 6.09. The van der Waals surface area contributed by atoms with Gasteiger partial charge < -0.3 is 14.9 Å². The number of hydrogen-bond acceptors (Lipinski definition) is 4. The first-order valence-corrected chi connectivity index (χ1v) is 9.53. The number of aromatic nitrogens is 1. The number of ether oxygens (including phenoxy) is 1. The van der Waals surface area contributed by atoms with Crippen LogP contribution in [0.2, 0.25) is 5.02 Å². The van der Waals surface area contributed by atoms with Crippen molar-refractivity contribution in [2.45, 2.75) is 27.2 Å². The summed E-state index contributed by atoms with van der Waals surface area (Å²) in [6.45, 7) is 5.50. The Balaban J connectivity index is 1.95. The van der Waals surface area contributed by atoms with Gasteiger partial charge in [0, 0.05) is 22.7 Å². The summed E-state index contributed by atoms with van der Waals surface area (Å²) in [7, 11) is 0. The fourth-order valence-corrected chi connectivity index (χ4v) is 3.47. The van der Waals surface area contributed by atoms with Crippen molar-refractivity contribution in [2.24, 2.45) is 0 Å². The third-order valence-electron chi connectivity index (χ3n) is 4.95. The molecular formula is C23H22ClNO4. The summed E-state index contributed by atoms with van der Waals surface area (Å²) in [4.78, 5) is 15.5. The Hall–Kier alpha value is -3.05. The number of aromatic hydroxyl groups is 1. The lowest BCUT2D eigenvalue weighted by Crippen LogP contribution is -2.11. The molecule has 0 atom stereocenters. The normalized spacial score (nSPS) is 10.8. The smallest absolute Gasteiger partial charge is 0.341 e. The molecule has 1 aromatic heterocycles. The first-order chi connectivity index (χ1) is 13.8. The quantitative estimate of drug-likeness (QED) is 0.590. The van der Waals surface area contributed by atoms with Gasteiger partial charge in [-0.3, -0.25) is 0 Å². The molecule has 3 aromatic rings. The molecule has 0 aliphatic rings. The SMILES string of the molecule is Cc1cc(OCC(=O)O)c(C)c(C)c1Cc1ccc(O)c(-c2cccc(Cl)c2)n1. The van der Waals surface area contributed by atoms with Crippen LogP contribution in [0.4, 0.5) is 0 Å². The molecule has 0 saturated heterocycles. The van der Waals surface area contributed by atoms with E-state index in [1.54, 1.807) is 24.3 Å². The molecule has 0 aliphatic carbocycles. The highest BCUT2D eigenvalue weighted by Gasteiger charge is 2.15. The zero-order valence-corrected chi connectivity index (χ0v) is 17.2. The summed E-state index contributed by atoms with van der Waals surface area (Å²) < 4.78 is 5.41. The molecule has 0 saturated carbocycles. The van der Waals surface area contributed by atoms with Crippen LogP contribution in [0.5, 0.6) is 11.5 Å². The van der Waals surface area contributed by atoms with Gasteiger partial charge in [-0.2, -0.15) is 0 Å². The second-order valence-corrected chi connectivity index (χ2v) is 7.40. The van der Waals surface area contributed by atoms with Gasteiger partial charge in [-0.25, -0.2) is 9.78 Å². The molecular weight excluding hydrogens is 390 g/mol. The Morgan fingerprint density at radius 2 is 1.86 bits per heavy atom. The maximum atomic E-state index is 10.8. The minimum absolute atomic E-state index is 0.0954. The number of nitrogens with zero attached hydrogens (tertiary/aromatic N) is 1. The van der Waals surface area contributed by atoms with E-state index in [9.17, 15) is 9.90 Å². The fraction of sp³-hybridized carbons (Fsp3) is 0.217. The van der Waals surface area contributed by atoms with Crippen LogP contribution >= 0.6 is 11.6 Å². The van der Waals surface area contributed by atoms with Crippen LogP contribution in [0, 0.1) is 20.8 Å². The van der Waals surface area contributed by atoms with Crippen molar-refractivity contribution in [3.8, 4) is 22.8 Å². The maximum absolute atomic E-state index is 10.8. The summed E-state index contributed by atoms with van der Waals surface area (Å²) in [5.41, 5.74) is 6.07. The first kappa shape index (κ1) is 20.7. The standard InChI is InChI=1S/C23H22ClNO4/c1-13-9-21(29-12-22(27)28)15(3)14(2)19(13)11-18-7-8-20(26)23(25-18)16-5-4-6-17(24)10-16/h4-10,26H,11-12H2,1-3H3,(H,27,28). The van der Waals surface area contributed by atoms with Gasteiger partial charge >= 0.3 is 5.97 Å². The average Bonchev–Trinajstić information content (AvgIpc) is 2.68. The van der Waals surface area contributed by atoms with Gasteiger partial charge in [0.1, 0.15) is 17.2 Å². The fourth-order valence-electron chi connectivity index (χ4n) is 3.28. The van der Waals surface area contributed by atoms with E-state index in [0.717, 1.165) is 33.5 Å². The van der Waals surface area contributed by atoms with E-state index in [1.807, 2.05) is 39.0 Å². The molecule has 2 N–H and O–H groups in total. The number of hydrogen-bond donors (Lipinski definition) is 2. The Labute approximate surface area is 174 Å². The van der Waals surface area contributed by atoms with Gasteiger partial charge in [-0.05, 0) is 73.4 Å². The molecule has 3 rings (SSSR count). The van der Waals surface area contributed by atoms with E-state index >= 15 is 0 Å². The predicted molar refractivity (Wildman–Crippen MR) is 113 cm³/mol. The predicted octanol–water partition coefficient (Wildman–Crippen LogP) is 5.09. The molecule has 0 spiro atoms. The number of halogens is 1. The first-order valence-electron chi connectivity index (χ1n) is 9.15. The van der Waals surface area contributed by atoms with Crippen LogP contribution in [-0.4, -0.2) is 27.8 Å². The molecule has 0 radical (unpaired) electrons. The van der Waals surface area contributed by atoms with Crippen molar-refractivity contribution < 1.29 is 19.7 Å². The number of aliphatic carboxylic acids is 1. The van der Waals surface area contributed by atoms with Crippen molar-refractivity contribution in [3.63, 3.8) is 0 Å². The van der Waals surface area contributed by atoms with E-state index < -0.39 is 5.97 Å². The molecule has 0 amide bonds. The van der Waals surface area contributed by atoms with Crippen molar-refractivity contribution in [1.29, 1.82) is 0 Å². The lowest BCUT2D eigenvalue weighted by Gasteiger charge is -2.17. The molecule has 0 aliphatic heterocycles. The minimum atomic E-state index is -1.01. The molecule has 150 valence electrons. The lowest BCUT2D eigenvalue weighted by atomic mass is 9.93. The van der Waals surface area contributed by atoms with E-state index in [4.69, 9.17) is 21.4 Å². The number of pyridine rings is 1. The second kappa shape index (κ2) is 8.53. The Bertz CT molecular complexity index is 1080. The van der Waals surface area contributed by atoms with Gasteiger partial charge in [0.25, 0.3) is 0 Å². The number of carboxylic acid groups (broad SMARTS) is 1. The van der Waals surface area contributed by atoms with Crippen molar-refractivity contribution in [1.82, 2.24) is 4.98 Å². The Morgan fingerprint density at radius 1 is 1.10 bits per heavy atom. The number of rotatable bonds is 6. The molecule has 0 bridgehead atoms. The highest BCUT2D eigenvalue weighted by atomic mass is 35.5. The van der Waals surface area contributed by atoms with Crippen LogP contribution in [0.25, 0.3) is 11.3 Å². The highest BCUT2D eigenvalue weighted by Crippen LogP contribution is 2.32. The third kappa shape index (κ3) is 4.69. The third-order valence-corrected chi connectivity index (χ3v) is 5.18. The molecule has 29 heavy (non-hydrogen) atoms. The van der Waals surface area contributed by atoms with E-state index in [2.05, 4.69) is 4.98 Å². The van der Waals surface area contributed by atoms with Crippen LogP contribution in [0.3, 0.4) is 0 Å². The number of aryl methyl sites for hydroxylation is 1. The monoisotopic (exact) mass is 411 g/mol.